The molecule has 5 rings (SSSR count). The van der Waals surface area contributed by atoms with E-state index in [9.17, 15) is 0 Å². The molecule has 0 spiro atoms. The molecule has 3 aromatic rings. The van der Waals surface area contributed by atoms with Gasteiger partial charge in [-0.25, -0.2) is 0 Å². The van der Waals surface area contributed by atoms with Crippen LogP contribution in [-0.2, 0) is 6.42 Å². The first-order valence-corrected chi connectivity index (χ1v) is 7.97. The van der Waals surface area contributed by atoms with Crippen LogP contribution in [0.3, 0.4) is 0 Å². The Morgan fingerprint density at radius 1 is 1.04 bits per heavy atom. The first-order valence-electron chi connectivity index (χ1n) is 7.97. The Kier molecular flexibility index (Phi) is 4.07. The maximum atomic E-state index is 6.20. The predicted molar refractivity (Wildman–Crippen MR) is 111 cm³/mol. The summed E-state index contributed by atoms with van der Waals surface area (Å²) in [5.74, 6) is 0.916. The van der Waals surface area contributed by atoms with Crippen molar-refractivity contribution < 1.29 is 6.16 Å². The van der Waals surface area contributed by atoms with Gasteiger partial charge in [0.15, 0.2) is 0 Å². The number of hydrogen-bond donors (Lipinski definition) is 0. The van der Waals surface area contributed by atoms with Crippen molar-refractivity contribution in [2.75, 3.05) is 0 Å². The van der Waals surface area contributed by atoms with Crippen LogP contribution >= 0.6 is 0 Å². The molecule has 0 saturated heterocycles. The summed E-state index contributed by atoms with van der Waals surface area (Å²) in [6.45, 7) is 1.89. The summed E-state index contributed by atoms with van der Waals surface area (Å²) < 4.78 is 6.15. The molecule has 0 fully saturated rings. The van der Waals surface area contributed by atoms with Crippen molar-refractivity contribution in [3.05, 3.63) is 71.3 Å². The lowest BCUT2D eigenvalue weighted by Crippen LogP contribution is -2.32. The zero-order valence-electron chi connectivity index (χ0n) is 13.5. The van der Waals surface area contributed by atoms with Gasteiger partial charge in [0.2, 0.25) is 0 Å². The van der Waals surface area contributed by atoms with Crippen LogP contribution in [0, 0.1) is 0 Å². The van der Waals surface area contributed by atoms with Gasteiger partial charge in [-0.05, 0) is 41.0 Å². The molecule has 3 heteroatoms. The van der Waals surface area contributed by atoms with Crippen LogP contribution in [0.5, 0.6) is 5.75 Å². The number of hydrogen-bond acceptors (Lipinski definition) is 1. The van der Waals surface area contributed by atoms with Gasteiger partial charge in [0.25, 0.3) is 0 Å². The van der Waals surface area contributed by atoms with Crippen molar-refractivity contribution in [2.45, 2.75) is 26.3 Å². The van der Waals surface area contributed by atoms with Crippen LogP contribution in [0.4, 0.5) is 0 Å². The molecule has 121 valence electrons. The van der Waals surface area contributed by atoms with E-state index in [1.54, 1.807) is 0 Å². The highest BCUT2D eigenvalue weighted by atomic mass is 16.5. The standard InChI is InChI=1S/C21H15BO.CH4.B.H2/c1-21(22)11-10-17-18-12-13-6-2-3-7-14(13)19(18)15-8-4-5-9-16(15)20(17)23-21;;;/h2-11H,12H2,1H3;1H4;;1H/i;;;1+1. The molecule has 5 radical (unpaired) electrons. The second-order valence-electron chi connectivity index (χ2n) is 6.60. The second kappa shape index (κ2) is 5.84. The molecule has 0 saturated carbocycles. The van der Waals surface area contributed by atoms with Crippen LogP contribution in [0.1, 0.15) is 32.5 Å². The maximum Gasteiger partial charge on any atom is 0.137 e. The normalized spacial score (nSPS) is 19.1. The van der Waals surface area contributed by atoms with Crippen LogP contribution in [-0.4, -0.2) is 21.8 Å². The topological polar surface area (TPSA) is 9.23 Å². The second-order valence-corrected chi connectivity index (χ2v) is 6.60. The zero-order valence-corrected chi connectivity index (χ0v) is 13.5. The van der Waals surface area contributed by atoms with Gasteiger partial charge >= 0.3 is 0 Å². The quantitative estimate of drug-likeness (QED) is 0.404. The molecule has 0 aromatic heterocycles. The van der Waals surface area contributed by atoms with Gasteiger partial charge in [0.1, 0.15) is 13.6 Å². The van der Waals surface area contributed by atoms with Crippen molar-refractivity contribution in [2.24, 2.45) is 0 Å². The van der Waals surface area contributed by atoms with E-state index in [1.165, 1.54) is 33.2 Å². The average molecular weight is 324 g/mol. The highest BCUT2D eigenvalue weighted by Gasteiger charge is 2.30. The minimum Gasteiger partial charge on any atom is -0.492 e. The van der Waals surface area contributed by atoms with E-state index in [0.717, 1.165) is 17.6 Å². The molecule has 1 heterocycles. The van der Waals surface area contributed by atoms with Crippen molar-refractivity contribution in [3.63, 3.8) is 0 Å². The molecule has 1 nitrogen and oxygen atoms in total. The van der Waals surface area contributed by atoms with E-state index >= 15 is 0 Å². The summed E-state index contributed by atoms with van der Waals surface area (Å²) in [5, 5.41) is 2.39. The fourth-order valence-corrected chi connectivity index (χ4v) is 3.87. The molecular formula is C22H21B2O. The largest absolute Gasteiger partial charge is 0.492 e. The van der Waals surface area contributed by atoms with Crippen molar-refractivity contribution in [3.8, 4) is 16.9 Å². The molecule has 25 heavy (non-hydrogen) atoms. The fraction of sp³-hybridized carbons (Fsp3) is 0.182. The van der Waals surface area contributed by atoms with Crippen LogP contribution in [0.15, 0.2) is 54.6 Å². The van der Waals surface area contributed by atoms with E-state index < -0.39 is 5.50 Å². The highest BCUT2D eigenvalue weighted by Crippen LogP contribution is 2.49. The smallest absolute Gasteiger partial charge is 0.137 e. The number of benzene rings is 3. The van der Waals surface area contributed by atoms with E-state index in [0.29, 0.717) is 0 Å². The van der Waals surface area contributed by atoms with Crippen LogP contribution in [0.2, 0.25) is 0 Å². The Balaban J connectivity index is 0.000000810. The van der Waals surface area contributed by atoms with E-state index in [1.807, 2.05) is 13.0 Å². The summed E-state index contributed by atoms with van der Waals surface area (Å²) in [7, 11) is 6.20. The summed E-state index contributed by atoms with van der Waals surface area (Å²) in [5.41, 5.74) is 5.86. The van der Waals surface area contributed by atoms with Gasteiger partial charge in [-0.3, -0.25) is 0 Å². The lowest BCUT2D eigenvalue weighted by atomic mass is 9.80. The van der Waals surface area contributed by atoms with Gasteiger partial charge in [0, 0.05) is 20.8 Å². The number of ether oxygens (including phenoxy) is 1. The van der Waals surface area contributed by atoms with Crippen molar-refractivity contribution in [1.29, 1.82) is 0 Å². The molecule has 1 unspecified atom stereocenters. The van der Waals surface area contributed by atoms with Gasteiger partial charge in [-0.15, -0.1) is 0 Å². The minimum atomic E-state index is -0.755. The summed E-state index contributed by atoms with van der Waals surface area (Å²) in [6, 6.07) is 17.1. The Bertz CT molecular complexity index is 1010. The lowest BCUT2D eigenvalue weighted by Gasteiger charge is -2.31. The molecule has 1 aliphatic heterocycles. The lowest BCUT2D eigenvalue weighted by molar-refractivity contribution is 0.227. The monoisotopic (exact) mass is 324 g/mol. The number of fused-ring (bicyclic) bond motifs is 8. The first kappa shape index (κ1) is 17.4. The van der Waals surface area contributed by atoms with E-state index in [2.05, 4.69) is 54.6 Å². The molecule has 2 aliphatic rings. The predicted octanol–water partition coefficient (Wildman–Crippen LogP) is 5.20. The Morgan fingerprint density at radius 3 is 2.52 bits per heavy atom. The van der Waals surface area contributed by atoms with Gasteiger partial charge < -0.3 is 4.74 Å². The van der Waals surface area contributed by atoms with E-state index in [4.69, 9.17) is 12.6 Å². The minimum absolute atomic E-state index is 0. The molecule has 0 bridgehead atoms. The molecule has 3 aromatic carbocycles. The zero-order chi connectivity index (χ0) is 15.6. The Labute approximate surface area is 154 Å². The number of rotatable bonds is 0. The summed E-state index contributed by atoms with van der Waals surface area (Å²) in [6.07, 6.45) is 5.04. The highest BCUT2D eigenvalue weighted by molar-refractivity contribution is 6.17. The average Bonchev–Trinajstić information content (AvgIpc) is 2.94. The third kappa shape index (κ3) is 2.41. The van der Waals surface area contributed by atoms with E-state index in [-0.39, 0.29) is 17.3 Å². The summed E-state index contributed by atoms with van der Waals surface area (Å²) in [4.78, 5) is 0. The molecular weight excluding hydrogens is 302 g/mol. The molecule has 1 aliphatic carbocycles. The maximum absolute atomic E-state index is 6.20. The first-order chi connectivity index (χ1) is 11.1. The summed E-state index contributed by atoms with van der Waals surface area (Å²) >= 11 is 0. The van der Waals surface area contributed by atoms with Gasteiger partial charge in [-0.1, -0.05) is 68.1 Å². The molecule has 0 amide bonds. The third-order valence-corrected chi connectivity index (χ3v) is 4.87. The third-order valence-electron chi connectivity index (χ3n) is 4.87. The Hall–Kier alpha value is -2.41. The van der Waals surface area contributed by atoms with Crippen molar-refractivity contribution in [1.82, 2.24) is 0 Å². The van der Waals surface area contributed by atoms with Crippen LogP contribution in [0.25, 0.3) is 28.0 Å². The van der Waals surface area contributed by atoms with Gasteiger partial charge in [-0.2, -0.15) is 0 Å². The molecule has 1 atom stereocenters. The van der Waals surface area contributed by atoms with Crippen LogP contribution < -0.4 is 4.74 Å². The fourth-order valence-electron chi connectivity index (χ4n) is 3.87. The van der Waals surface area contributed by atoms with Gasteiger partial charge in [0.05, 0.1) is 5.50 Å². The van der Waals surface area contributed by atoms with Crippen molar-refractivity contribution >= 4 is 33.1 Å². The SMILES string of the molecule is C.[2HH].[B].[B]C1(C)C=Cc2c3c(c4ccccc4c2O1)-c1ccccc1C3. The molecule has 0 N–H and O–H groups in total. The Morgan fingerprint density at radius 2 is 1.72 bits per heavy atom.